The molecule has 0 rings (SSSR count). The first-order valence-electron chi connectivity index (χ1n) is 9.11. The lowest BCUT2D eigenvalue weighted by Crippen LogP contribution is -2.40. The smallest absolute Gasteiger partial charge is 0.0699 e. The zero-order chi connectivity index (χ0) is 15.1. The minimum Gasteiger partial charge on any atom is -0.377 e. The minimum atomic E-state index is 0.344. The summed E-state index contributed by atoms with van der Waals surface area (Å²) in [5, 5.41) is 3.65. The maximum Gasteiger partial charge on any atom is 0.0699 e. The van der Waals surface area contributed by atoms with E-state index in [9.17, 15) is 0 Å². The van der Waals surface area contributed by atoms with Gasteiger partial charge in [-0.15, -0.1) is 0 Å². The highest BCUT2D eigenvalue weighted by Crippen LogP contribution is 2.13. The first-order valence-corrected chi connectivity index (χ1v) is 9.11. The molecule has 0 aromatic heterocycles. The summed E-state index contributed by atoms with van der Waals surface area (Å²) in [7, 11) is 0. The average Bonchev–Trinajstić information content (AvgIpc) is 2.45. The fourth-order valence-electron chi connectivity index (χ4n) is 2.71. The molecule has 0 spiro atoms. The molecule has 2 heteroatoms. The molecule has 0 fully saturated rings. The van der Waals surface area contributed by atoms with Crippen molar-refractivity contribution >= 4 is 0 Å². The molecule has 0 aromatic rings. The first kappa shape index (κ1) is 19.9. The number of nitrogens with one attached hydrogen (secondary N) is 1. The molecule has 122 valence electrons. The maximum absolute atomic E-state index is 5.76. The topological polar surface area (TPSA) is 21.3 Å². The zero-order valence-corrected chi connectivity index (χ0v) is 14.5. The summed E-state index contributed by atoms with van der Waals surface area (Å²) in [5.74, 6) is 0. The molecule has 2 unspecified atom stereocenters. The summed E-state index contributed by atoms with van der Waals surface area (Å²) < 4.78 is 5.76. The Morgan fingerprint density at radius 3 is 1.95 bits per heavy atom. The van der Waals surface area contributed by atoms with Crippen LogP contribution in [0.3, 0.4) is 0 Å². The molecule has 0 saturated carbocycles. The van der Waals surface area contributed by atoms with Gasteiger partial charge in [-0.05, 0) is 33.2 Å². The van der Waals surface area contributed by atoms with Crippen molar-refractivity contribution in [1.82, 2.24) is 5.32 Å². The predicted molar refractivity (Wildman–Crippen MR) is 90.4 cm³/mol. The van der Waals surface area contributed by atoms with Gasteiger partial charge in [-0.25, -0.2) is 0 Å². The second kappa shape index (κ2) is 15.3. The molecule has 2 nitrogen and oxygen atoms in total. The Bertz CT molecular complexity index is 184. The third-order valence-electron chi connectivity index (χ3n) is 4.02. The van der Waals surface area contributed by atoms with Crippen molar-refractivity contribution < 1.29 is 4.74 Å². The van der Waals surface area contributed by atoms with Crippen LogP contribution in [0.5, 0.6) is 0 Å². The first-order chi connectivity index (χ1) is 9.76. The van der Waals surface area contributed by atoms with Gasteiger partial charge in [0.05, 0.1) is 6.10 Å². The molecule has 0 heterocycles. The Balaban J connectivity index is 3.62. The Kier molecular flexibility index (Phi) is 15.3. The second-order valence-corrected chi connectivity index (χ2v) is 5.98. The van der Waals surface area contributed by atoms with E-state index in [1.54, 1.807) is 0 Å². The van der Waals surface area contributed by atoms with E-state index in [0.717, 1.165) is 13.2 Å². The van der Waals surface area contributed by atoms with Crippen LogP contribution in [0.1, 0.15) is 91.9 Å². The molecule has 2 atom stereocenters. The standard InChI is InChI=1S/C18H39NO/c1-5-8-9-10-11-12-13-14-15-18(19-16-6-2)17(4)20-7-3/h17-19H,5-16H2,1-4H3. The van der Waals surface area contributed by atoms with Crippen molar-refractivity contribution in [3.05, 3.63) is 0 Å². The highest BCUT2D eigenvalue weighted by molar-refractivity contribution is 4.73. The number of ether oxygens (including phenoxy) is 1. The van der Waals surface area contributed by atoms with Gasteiger partial charge in [0.15, 0.2) is 0 Å². The largest absolute Gasteiger partial charge is 0.377 e. The summed E-state index contributed by atoms with van der Waals surface area (Å²) in [4.78, 5) is 0. The molecule has 0 saturated heterocycles. The second-order valence-electron chi connectivity index (χ2n) is 5.98. The average molecular weight is 286 g/mol. The van der Waals surface area contributed by atoms with Crippen molar-refractivity contribution in [3.63, 3.8) is 0 Å². The Morgan fingerprint density at radius 2 is 1.40 bits per heavy atom. The van der Waals surface area contributed by atoms with E-state index in [1.807, 2.05) is 0 Å². The van der Waals surface area contributed by atoms with E-state index in [2.05, 4.69) is 33.0 Å². The number of rotatable bonds is 15. The van der Waals surface area contributed by atoms with Gasteiger partial charge in [0.1, 0.15) is 0 Å². The van der Waals surface area contributed by atoms with Gasteiger partial charge in [0, 0.05) is 12.6 Å². The van der Waals surface area contributed by atoms with Gasteiger partial charge in [0.25, 0.3) is 0 Å². The third kappa shape index (κ3) is 11.7. The Labute approximate surface area is 128 Å². The Morgan fingerprint density at radius 1 is 0.800 bits per heavy atom. The number of unbranched alkanes of at least 4 members (excludes halogenated alkanes) is 7. The minimum absolute atomic E-state index is 0.344. The fraction of sp³-hybridized carbons (Fsp3) is 1.00. The van der Waals surface area contributed by atoms with Gasteiger partial charge in [-0.1, -0.05) is 65.2 Å². The monoisotopic (exact) mass is 285 g/mol. The van der Waals surface area contributed by atoms with E-state index >= 15 is 0 Å². The quantitative estimate of drug-likeness (QED) is 0.412. The van der Waals surface area contributed by atoms with E-state index in [4.69, 9.17) is 4.74 Å². The summed E-state index contributed by atoms with van der Waals surface area (Å²) in [6.45, 7) is 10.7. The van der Waals surface area contributed by atoms with Gasteiger partial charge in [-0.3, -0.25) is 0 Å². The van der Waals surface area contributed by atoms with Crippen molar-refractivity contribution in [2.75, 3.05) is 13.2 Å². The molecule has 0 aromatic carbocycles. The van der Waals surface area contributed by atoms with Crippen molar-refractivity contribution in [3.8, 4) is 0 Å². The number of hydrogen-bond acceptors (Lipinski definition) is 2. The lowest BCUT2D eigenvalue weighted by atomic mass is 10.0. The summed E-state index contributed by atoms with van der Waals surface area (Å²) >= 11 is 0. The number of hydrogen-bond donors (Lipinski definition) is 1. The molecule has 1 N–H and O–H groups in total. The van der Waals surface area contributed by atoms with Crippen molar-refractivity contribution in [2.24, 2.45) is 0 Å². The SMILES string of the molecule is CCCCCCCCCCC(NCCC)C(C)OCC. The van der Waals surface area contributed by atoms with Gasteiger partial charge < -0.3 is 10.1 Å². The van der Waals surface area contributed by atoms with Crippen LogP contribution in [0.4, 0.5) is 0 Å². The third-order valence-corrected chi connectivity index (χ3v) is 4.02. The molecule has 0 radical (unpaired) electrons. The predicted octanol–water partition coefficient (Wildman–Crippen LogP) is 5.31. The van der Waals surface area contributed by atoms with Gasteiger partial charge in [0.2, 0.25) is 0 Å². The maximum atomic E-state index is 5.76. The molecule has 0 bridgehead atoms. The van der Waals surface area contributed by atoms with E-state index in [0.29, 0.717) is 12.1 Å². The van der Waals surface area contributed by atoms with Crippen LogP contribution in [0.25, 0.3) is 0 Å². The molecule has 0 amide bonds. The highest BCUT2D eigenvalue weighted by atomic mass is 16.5. The molecular formula is C18H39NO. The molecular weight excluding hydrogens is 246 g/mol. The van der Waals surface area contributed by atoms with E-state index < -0.39 is 0 Å². The normalized spacial score (nSPS) is 14.4. The lowest BCUT2D eigenvalue weighted by Gasteiger charge is -2.25. The lowest BCUT2D eigenvalue weighted by molar-refractivity contribution is 0.0445. The summed E-state index contributed by atoms with van der Waals surface area (Å²) in [6.07, 6.45) is 14.0. The molecule has 20 heavy (non-hydrogen) atoms. The summed E-state index contributed by atoms with van der Waals surface area (Å²) in [6, 6.07) is 0.537. The van der Waals surface area contributed by atoms with Crippen LogP contribution in [0, 0.1) is 0 Å². The van der Waals surface area contributed by atoms with Gasteiger partial charge >= 0.3 is 0 Å². The zero-order valence-electron chi connectivity index (χ0n) is 14.5. The highest BCUT2D eigenvalue weighted by Gasteiger charge is 2.15. The molecule has 0 aliphatic rings. The van der Waals surface area contributed by atoms with Crippen LogP contribution in [-0.2, 0) is 4.74 Å². The fourth-order valence-corrected chi connectivity index (χ4v) is 2.71. The van der Waals surface area contributed by atoms with Crippen LogP contribution in [0.15, 0.2) is 0 Å². The Hall–Kier alpha value is -0.0800. The molecule has 0 aliphatic heterocycles. The molecule has 0 aliphatic carbocycles. The van der Waals surface area contributed by atoms with Crippen LogP contribution in [-0.4, -0.2) is 25.3 Å². The van der Waals surface area contributed by atoms with Crippen LogP contribution in [0.2, 0.25) is 0 Å². The van der Waals surface area contributed by atoms with Crippen molar-refractivity contribution in [1.29, 1.82) is 0 Å². The van der Waals surface area contributed by atoms with E-state index in [1.165, 1.54) is 64.2 Å². The van der Waals surface area contributed by atoms with Crippen LogP contribution < -0.4 is 5.32 Å². The van der Waals surface area contributed by atoms with E-state index in [-0.39, 0.29) is 0 Å². The summed E-state index contributed by atoms with van der Waals surface area (Å²) in [5.41, 5.74) is 0. The van der Waals surface area contributed by atoms with Gasteiger partial charge in [-0.2, -0.15) is 0 Å². The van der Waals surface area contributed by atoms with Crippen molar-refractivity contribution in [2.45, 2.75) is 104 Å². The van der Waals surface area contributed by atoms with Crippen LogP contribution >= 0.6 is 0 Å².